The molecule has 0 bridgehead atoms. The van der Waals surface area contributed by atoms with E-state index in [1.807, 2.05) is 0 Å². The Morgan fingerprint density at radius 2 is 0.545 bits per heavy atom. The Kier molecular flexibility index (Phi) is 5.91. The Hall–Kier alpha value is -2.29. The maximum atomic E-state index is 2.89. The normalized spacial score (nSPS) is 19.0. The molecule has 0 amide bonds. The summed E-state index contributed by atoms with van der Waals surface area (Å²) in [6.07, 6.45) is 0. The second-order valence-electron chi connectivity index (χ2n) is 11.0. The van der Waals surface area contributed by atoms with Crippen molar-refractivity contribution in [2.24, 2.45) is 0 Å². The Labute approximate surface area is 204 Å². The molecule has 0 aromatic heterocycles. The van der Waals surface area contributed by atoms with Crippen LogP contribution in [0.3, 0.4) is 0 Å². The molecule has 0 N–H and O–H groups in total. The van der Waals surface area contributed by atoms with Crippen LogP contribution in [0.4, 0.5) is 17.1 Å². The lowest BCUT2D eigenvalue weighted by atomic mass is 10.2. The Morgan fingerprint density at radius 1 is 0.364 bits per heavy atom. The van der Waals surface area contributed by atoms with Gasteiger partial charge in [0.25, 0.3) is 0 Å². The Balaban J connectivity index is 1.99. The number of benzene rings is 3. The fourth-order valence-electron chi connectivity index (χ4n) is 6.29. The number of anilines is 3. The minimum atomic E-state index is -2.07. The molecule has 4 rings (SSSR count). The molecule has 0 unspecified atom stereocenters. The minimum absolute atomic E-state index is 1.31. The summed E-state index contributed by atoms with van der Waals surface area (Å²) in [5.41, 5.74) is 8.05. The monoisotopic (exact) mass is 489 g/mol. The van der Waals surface area contributed by atoms with Gasteiger partial charge in [-0.15, -0.1) is 0 Å². The first-order chi connectivity index (χ1) is 15.4. The molecular weight excluding hydrogens is 451 g/mol. The van der Waals surface area contributed by atoms with Gasteiger partial charge in [0.15, 0.2) is 0 Å². The van der Waals surface area contributed by atoms with E-state index in [1.54, 1.807) is 0 Å². The summed E-state index contributed by atoms with van der Waals surface area (Å²) in [6, 6.07) is 27.7. The van der Waals surface area contributed by atoms with Gasteiger partial charge in [-0.2, -0.15) is 0 Å². The van der Waals surface area contributed by atoms with Crippen molar-refractivity contribution in [3.8, 4) is 0 Å². The van der Waals surface area contributed by atoms with Crippen molar-refractivity contribution in [3.63, 3.8) is 0 Å². The molecule has 0 aliphatic carbocycles. The average Bonchev–Trinajstić information content (AvgIpc) is 2.71. The van der Waals surface area contributed by atoms with Crippen molar-refractivity contribution in [2.75, 3.05) is 12.7 Å². The molecule has 3 aromatic carbocycles. The van der Waals surface area contributed by atoms with E-state index < -0.39 is 25.2 Å². The van der Waals surface area contributed by atoms with Crippen molar-refractivity contribution in [1.82, 2.24) is 0 Å². The molecule has 6 heteroatoms. The van der Waals surface area contributed by atoms with E-state index in [0.717, 1.165) is 0 Å². The van der Waals surface area contributed by atoms with Gasteiger partial charge in [-0.3, -0.25) is 0 Å². The van der Waals surface area contributed by atoms with E-state index in [0.29, 0.717) is 0 Å². The van der Waals surface area contributed by atoms with Gasteiger partial charge in [0.05, 0.1) is 0 Å². The molecule has 0 saturated carbocycles. The van der Waals surface area contributed by atoms with Gasteiger partial charge in [-0.1, -0.05) is 53.1 Å². The van der Waals surface area contributed by atoms with E-state index in [1.165, 1.54) is 33.8 Å². The standard InChI is InChI=1S/C27H39N3Si3/c1-22-10-16-25(17-11-22)28-31(4,5)29(26-18-12-23(2)13-19-26)33(8,9)30(32(28,6)7)27-20-14-24(3)15-21-27/h10-21H,1-9H3. The number of rotatable bonds is 3. The molecule has 0 spiro atoms. The van der Waals surface area contributed by atoms with Gasteiger partial charge < -0.3 is 12.7 Å². The van der Waals surface area contributed by atoms with Gasteiger partial charge in [0.2, 0.25) is 25.2 Å². The second-order valence-corrected chi connectivity index (χ2v) is 24.0. The molecule has 3 nitrogen and oxygen atoms in total. The molecule has 174 valence electrons. The highest BCUT2D eigenvalue weighted by Crippen LogP contribution is 2.46. The van der Waals surface area contributed by atoms with E-state index in [-0.39, 0.29) is 0 Å². The predicted octanol–water partition coefficient (Wildman–Crippen LogP) is 7.55. The molecule has 1 aliphatic rings. The topological polar surface area (TPSA) is 9.72 Å². The number of hydrogen-bond acceptors (Lipinski definition) is 3. The number of nitrogens with zero attached hydrogens (tertiary/aromatic N) is 3. The van der Waals surface area contributed by atoms with Crippen molar-refractivity contribution in [2.45, 2.75) is 60.1 Å². The third-order valence-corrected chi connectivity index (χ3v) is 25.1. The zero-order chi connectivity index (χ0) is 24.2. The van der Waals surface area contributed by atoms with Crippen LogP contribution in [0.1, 0.15) is 16.7 Å². The largest absolute Gasteiger partial charge is 0.393 e. The molecule has 1 fully saturated rings. The fourth-order valence-corrected chi connectivity index (χ4v) is 30.3. The van der Waals surface area contributed by atoms with Crippen LogP contribution in [0.15, 0.2) is 72.8 Å². The third-order valence-electron chi connectivity index (χ3n) is 7.16. The van der Waals surface area contributed by atoms with Gasteiger partial charge >= 0.3 is 0 Å². The van der Waals surface area contributed by atoms with E-state index >= 15 is 0 Å². The Bertz CT molecular complexity index is 957. The molecule has 1 heterocycles. The van der Waals surface area contributed by atoms with Crippen LogP contribution >= 0.6 is 0 Å². The maximum Gasteiger partial charge on any atom is 0.244 e. The maximum absolute atomic E-state index is 2.89. The quantitative estimate of drug-likeness (QED) is 0.352. The lowest BCUT2D eigenvalue weighted by Crippen LogP contribution is -2.91. The molecule has 3 aromatic rings. The summed E-state index contributed by atoms with van der Waals surface area (Å²) in [5.74, 6) is 0. The highest BCUT2D eigenvalue weighted by atomic mass is 28.5. The molecule has 1 aliphatic heterocycles. The van der Waals surface area contributed by atoms with Crippen molar-refractivity contribution in [3.05, 3.63) is 89.5 Å². The van der Waals surface area contributed by atoms with E-state index in [4.69, 9.17) is 0 Å². The van der Waals surface area contributed by atoms with Gasteiger partial charge in [-0.25, -0.2) is 0 Å². The smallest absolute Gasteiger partial charge is 0.244 e. The van der Waals surface area contributed by atoms with Crippen LogP contribution in [0, 0.1) is 20.8 Å². The highest BCUT2D eigenvalue weighted by molar-refractivity contribution is 7.20. The van der Waals surface area contributed by atoms with Crippen molar-refractivity contribution in [1.29, 1.82) is 0 Å². The minimum Gasteiger partial charge on any atom is -0.393 e. The third kappa shape index (κ3) is 3.98. The van der Waals surface area contributed by atoms with Crippen molar-refractivity contribution < 1.29 is 0 Å². The van der Waals surface area contributed by atoms with E-state index in [9.17, 15) is 0 Å². The average molecular weight is 490 g/mol. The zero-order valence-electron chi connectivity index (χ0n) is 21.8. The van der Waals surface area contributed by atoms with Crippen LogP contribution in [0.5, 0.6) is 0 Å². The summed E-state index contributed by atoms with van der Waals surface area (Å²) in [7, 11) is -6.22. The van der Waals surface area contributed by atoms with Crippen LogP contribution in [0.25, 0.3) is 0 Å². The van der Waals surface area contributed by atoms with Gasteiger partial charge in [0, 0.05) is 17.1 Å². The first kappa shape index (κ1) is 23.9. The summed E-state index contributed by atoms with van der Waals surface area (Å²) in [5, 5.41) is 0. The first-order valence-corrected chi connectivity index (χ1v) is 20.7. The molecule has 1 saturated heterocycles. The van der Waals surface area contributed by atoms with Crippen LogP contribution in [0.2, 0.25) is 39.3 Å². The van der Waals surface area contributed by atoms with Gasteiger partial charge in [0.1, 0.15) is 0 Å². The molecule has 0 radical (unpaired) electrons. The Morgan fingerprint density at radius 3 is 0.727 bits per heavy atom. The van der Waals surface area contributed by atoms with Crippen LogP contribution < -0.4 is 12.7 Å². The summed E-state index contributed by atoms with van der Waals surface area (Å²) < 4.78 is 8.66. The summed E-state index contributed by atoms with van der Waals surface area (Å²) >= 11 is 0. The van der Waals surface area contributed by atoms with Crippen LogP contribution in [-0.4, -0.2) is 25.2 Å². The number of hydrogen-bond donors (Lipinski definition) is 0. The van der Waals surface area contributed by atoms with Crippen molar-refractivity contribution >= 4 is 42.3 Å². The fraction of sp³-hybridized carbons (Fsp3) is 0.333. The zero-order valence-corrected chi connectivity index (χ0v) is 24.8. The predicted molar refractivity (Wildman–Crippen MR) is 153 cm³/mol. The second kappa shape index (κ2) is 8.18. The summed E-state index contributed by atoms with van der Waals surface area (Å²) in [4.78, 5) is 0. The number of aryl methyl sites for hydroxylation is 3. The molecule has 33 heavy (non-hydrogen) atoms. The first-order valence-electron chi connectivity index (χ1n) is 12.0. The highest BCUT2D eigenvalue weighted by Gasteiger charge is 2.62. The lowest BCUT2D eigenvalue weighted by molar-refractivity contribution is 1.15. The summed E-state index contributed by atoms with van der Waals surface area (Å²) in [6.45, 7) is 21.9. The van der Waals surface area contributed by atoms with E-state index in [2.05, 4.69) is 146 Å². The molecular formula is C27H39N3Si3. The lowest BCUT2D eigenvalue weighted by Gasteiger charge is -2.69. The SMILES string of the molecule is Cc1ccc(N2[Si](C)(C)N(c3ccc(C)cc3)[Si](C)(C)N(c3ccc(C)cc3)[Si]2(C)C)cc1. The van der Waals surface area contributed by atoms with Crippen LogP contribution in [-0.2, 0) is 0 Å². The molecule has 0 atom stereocenters. The van der Waals surface area contributed by atoms with Gasteiger partial charge in [-0.05, 0) is 96.5 Å².